The van der Waals surface area contributed by atoms with E-state index in [1.807, 2.05) is 53.5 Å². The Bertz CT molecular complexity index is 2230. The largest absolute Gasteiger partial charge is 0.374 e. The fourth-order valence-electron chi connectivity index (χ4n) is 7.77. The Morgan fingerprint density at radius 2 is 1.50 bits per heavy atom. The Morgan fingerprint density at radius 3 is 2.13 bits per heavy atom. The SMILES string of the molecule is O=C(NCC1CC1)c1cccc(C2CCCCO2)c1-c1n[nH]c2ccc(-c3ncn(C(c4ccccc4)(c4ccccc4)c4ccccc4)n3)cc12. The van der Waals surface area contributed by atoms with Gasteiger partial charge in [0.25, 0.3) is 5.91 Å². The first kappa shape index (κ1) is 32.1. The van der Waals surface area contributed by atoms with E-state index < -0.39 is 5.54 Å². The molecule has 7 aromatic rings. The standard InChI is InChI=1S/C44H40N6O2/c51-43(45-28-30-22-23-30)36-20-12-19-35(39-21-10-11-26-52-39)40(36)41-37-27-31(24-25-38(37)47-48-41)42-46-29-50(49-42)44(32-13-4-1-5-14-32,33-15-6-2-7-16-33)34-17-8-3-9-18-34/h1-9,12-20,24-25,27,29-30,39H,10-11,21-23,26,28H2,(H,45,51)(H,47,48). The molecule has 2 aromatic heterocycles. The summed E-state index contributed by atoms with van der Waals surface area (Å²) in [7, 11) is 0. The van der Waals surface area contributed by atoms with Crippen molar-refractivity contribution in [1.82, 2.24) is 30.3 Å². The Morgan fingerprint density at radius 1 is 0.808 bits per heavy atom. The predicted molar refractivity (Wildman–Crippen MR) is 203 cm³/mol. The number of hydrogen-bond donors (Lipinski definition) is 2. The van der Waals surface area contributed by atoms with E-state index in [2.05, 4.69) is 95.3 Å². The van der Waals surface area contributed by atoms with Crippen LogP contribution in [0.4, 0.5) is 0 Å². The molecule has 1 saturated carbocycles. The van der Waals surface area contributed by atoms with Crippen molar-refractivity contribution in [1.29, 1.82) is 0 Å². The van der Waals surface area contributed by atoms with Crippen LogP contribution >= 0.6 is 0 Å². The molecule has 1 amide bonds. The highest BCUT2D eigenvalue weighted by atomic mass is 16.5. The maximum absolute atomic E-state index is 13.8. The Labute approximate surface area is 302 Å². The van der Waals surface area contributed by atoms with Gasteiger partial charge in [0, 0.05) is 35.2 Å². The molecule has 1 aliphatic carbocycles. The maximum atomic E-state index is 13.8. The van der Waals surface area contributed by atoms with Crippen molar-refractivity contribution >= 4 is 16.8 Å². The number of benzene rings is 5. The molecule has 1 unspecified atom stereocenters. The van der Waals surface area contributed by atoms with E-state index in [-0.39, 0.29) is 12.0 Å². The van der Waals surface area contributed by atoms with E-state index in [4.69, 9.17) is 19.9 Å². The second-order valence-electron chi connectivity index (χ2n) is 13.9. The summed E-state index contributed by atoms with van der Waals surface area (Å²) in [6.45, 7) is 1.40. The fraction of sp³-hybridized carbons (Fsp3) is 0.227. The first-order chi connectivity index (χ1) is 25.7. The number of H-pyrrole nitrogens is 1. The number of fused-ring (bicyclic) bond motifs is 1. The molecule has 258 valence electrons. The Hall–Kier alpha value is -5.86. The molecule has 2 fully saturated rings. The van der Waals surface area contributed by atoms with Gasteiger partial charge in [-0.15, -0.1) is 5.10 Å². The van der Waals surface area contributed by atoms with Crippen molar-refractivity contribution in [3.05, 3.63) is 162 Å². The number of hydrogen-bond acceptors (Lipinski definition) is 5. The van der Waals surface area contributed by atoms with Crippen LogP contribution in [-0.4, -0.2) is 44.0 Å². The van der Waals surface area contributed by atoms with Crippen LogP contribution in [0.2, 0.25) is 0 Å². The van der Waals surface area contributed by atoms with Gasteiger partial charge < -0.3 is 10.1 Å². The fourth-order valence-corrected chi connectivity index (χ4v) is 7.77. The monoisotopic (exact) mass is 684 g/mol. The highest BCUT2D eigenvalue weighted by Crippen LogP contribution is 2.42. The van der Waals surface area contributed by atoms with Crippen LogP contribution in [0, 0.1) is 5.92 Å². The van der Waals surface area contributed by atoms with Gasteiger partial charge in [0.15, 0.2) is 5.82 Å². The minimum atomic E-state index is -0.776. The lowest BCUT2D eigenvalue weighted by atomic mass is 9.77. The summed E-state index contributed by atoms with van der Waals surface area (Å²) in [5.41, 5.74) is 7.33. The van der Waals surface area contributed by atoms with E-state index >= 15 is 0 Å². The third-order valence-corrected chi connectivity index (χ3v) is 10.6. The smallest absolute Gasteiger partial charge is 0.251 e. The molecule has 52 heavy (non-hydrogen) atoms. The number of nitrogens with one attached hydrogen (secondary N) is 2. The van der Waals surface area contributed by atoms with Gasteiger partial charge in [-0.1, -0.05) is 103 Å². The quantitative estimate of drug-likeness (QED) is 0.141. The first-order valence-corrected chi connectivity index (χ1v) is 18.3. The molecule has 5 aromatic carbocycles. The van der Waals surface area contributed by atoms with Crippen LogP contribution in [0.15, 0.2) is 134 Å². The van der Waals surface area contributed by atoms with E-state index in [9.17, 15) is 4.79 Å². The summed E-state index contributed by atoms with van der Waals surface area (Å²) in [4.78, 5) is 18.7. The molecule has 2 aliphatic rings. The molecule has 9 rings (SSSR count). The van der Waals surface area contributed by atoms with E-state index in [0.717, 1.165) is 69.2 Å². The second-order valence-corrected chi connectivity index (χ2v) is 13.9. The minimum Gasteiger partial charge on any atom is -0.374 e. The topological polar surface area (TPSA) is 97.7 Å². The van der Waals surface area contributed by atoms with Crippen LogP contribution in [0.25, 0.3) is 33.5 Å². The van der Waals surface area contributed by atoms with Crippen LogP contribution in [0.3, 0.4) is 0 Å². The summed E-state index contributed by atoms with van der Waals surface area (Å²) >= 11 is 0. The van der Waals surface area contributed by atoms with E-state index in [1.54, 1.807) is 0 Å². The number of aromatic amines is 1. The van der Waals surface area contributed by atoms with Gasteiger partial charge in [0.1, 0.15) is 17.6 Å². The molecule has 8 heteroatoms. The molecule has 2 N–H and O–H groups in total. The molecule has 0 radical (unpaired) electrons. The lowest BCUT2D eigenvalue weighted by Crippen LogP contribution is -2.38. The van der Waals surface area contributed by atoms with Crippen LogP contribution < -0.4 is 5.32 Å². The summed E-state index contributed by atoms with van der Waals surface area (Å²) in [6.07, 6.45) is 7.10. The zero-order chi connectivity index (χ0) is 34.9. The lowest BCUT2D eigenvalue weighted by molar-refractivity contribution is 0.0152. The summed E-state index contributed by atoms with van der Waals surface area (Å²) < 4.78 is 8.29. The summed E-state index contributed by atoms with van der Waals surface area (Å²) in [5.74, 6) is 1.08. The molecule has 0 spiro atoms. The Kier molecular flexibility index (Phi) is 8.45. The first-order valence-electron chi connectivity index (χ1n) is 18.3. The van der Waals surface area contributed by atoms with Crippen molar-refractivity contribution < 1.29 is 9.53 Å². The van der Waals surface area contributed by atoms with Crippen molar-refractivity contribution in [2.75, 3.05) is 13.2 Å². The van der Waals surface area contributed by atoms with Crippen molar-refractivity contribution in [2.24, 2.45) is 5.92 Å². The molecule has 0 bridgehead atoms. The normalized spacial score (nSPS) is 16.2. The zero-order valence-electron chi connectivity index (χ0n) is 28.9. The number of rotatable bonds is 10. The van der Waals surface area contributed by atoms with Gasteiger partial charge in [-0.05, 0) is 84.5 Å². The van der Waals surface area contributed by atoms with Crippen molar-refractivity contribution in [3.63, 3.8) is 0 Å². The molecule has 8 nitrogen and oxygen atoms in total. The zero-order valence-corrected chi connectivity index (χ0v) is 28.9. The number of ether oxygens (including phenoxy) is 1. The number of nitrogens with zero attached hydrogens (tertiary/aromatic N) is 4. The molecule has 1 aliphatic heterocycles. The molecular formula is C44H40N6O2. The highest BCUT2D eigenvalue weighted by Gasteiger charge is 2.40. The van der Waals surface area contributed by atoms with Crippen LogP contribution in [0.1, 0.15) is 70.8 Å². The van der Waals surface area contributed by atoms with Crippen LogP contribution in [-0.2, 0) is 10.3 Å². The number of aromatic nitrogens is 5. The van der Waals surface area contributed by atoms with Crippen molar-refractivity contribution in [3.8, 4) is 22.6 Å². The summed E-state index contributed by atoms with van der Waals surface area (Å²) in [6, 6.07) is 43.5. The van der Waals surface area contributed by atoms with Crippen LogP contribution in [0.5, 0.6) is 0 Å². The highest BCUT2D eigenvalue weighted by molar-refractivity contribution is 6.06. The van der Waals surface area contributed by atoms with Gasteiger partial charge in [-0.3, -0.25) is 9.89 Å². The molecule has 3 heterocycles. The van der Waals surface area contributed by atoms with Gasteiger partial charge in [-0.2, -0.15) is 5.10 Å². The average molecular weight is 685 g/mol. The van der Waals surface area contributed by atoms with Crippen molar-refractivity contribution in [2.45, 2.75) is 43.7 Å². The maximum Gasteiger partial charge on any atom is 0.251 e. The summed E-state index contributed by atoms with van der Waals surface area (Å²) in [5, 5.41) is 17.5. The lowest BCUT2D eigenvalue weighted by Gasteiger charge is -2.35. The number of carbonyl (C=O) groups excluding carboxylic acids is 1. The van der Waals surface area contributed by atoms with E-state index in [0.29, 0.717) is 30.5 Å². The average Bonchev–Trinajstić information content (AvgIpc) is 3.75. The van der Waals surface area contributed by atoms with Gasteiger partial charge in [0.05, 0.1) is 11.6 Å². The number of carbonyl (C=O) groups is 1. The predicted octanol–water partition coefficient (Wildman–Crippen LogP) is 8.71. The van der Waals surface area contributed by atoms with Gasteiger partial charge >= 0.3 is 0 Å². The molecule has 1 atom stereocenters. The Balaban J connectivity index is 1.18. The van der Waals surface area contributed by atoms with E-state index in [1.165, 1.54) is 12.8 Å². The molecule has 1 saturated heterocycles. The third kappa shape index (κ3) is 5.79. The molecular weight excluding hydrogens is 645 g/mol. The second kappa shape index (κ2) is 13.7. The van der Waals surface area contributed by atoms with Gasteiger partial charge in [0.2, 0.25) is 0 Å². The number of amides is 1. The third-order valence-electron chi connectivity index (χ3n) is 10.6. The minimum absolute atomic E-state index is 0.0775. The van der Waals surface area contributed by atoms with Gasteiger partial charge in [-0.25, -0.2) is 9.67 Å².